The van der Waals surface area contributed by atoms with E-state index in [1.165, 1.54) is 89.9 Å². The fraction of sp³-hybridized carbons (Fsp3) is 0.923. The van der Waals surface area contributed by atoms with E-state index in [1.807, 2.05) is 0 Å². The van der Waals surface area contributed by atoms with E-state index < -0.39 is 31.0 Å². The van der Waals surface area contributed by atoms with Gasteiger partial charge in [-0.2, -0.15) is 0 Å². The molecule has 0 aliphatic carbocycles. The predicted molar refractivity (Wildman–Crippen MR) is 127 cm³/mol. The van der Waals surface area contributed by atoms with E-state index in [0.29, 0.717) is 6.61 Å². The van der Waals surface area contributed by atoms with Crippen LogP contribution in [0.25, 0.3) is 0 Å². The predicted octanol–water partition coefficient (Wildman–Crippen LogP) is 5.30. The van der Waals surface area contributed by atoms with Gasteiger partial charge in [-0.15, -0.1) is 0 Å². The van der Waals surface area contributed by atoms with Crippen molar-refractivity contribution in [2.24, 2.45) is 0 Å². The minimum Gasteiger partial charge on any atom is -0.394 e. The summed E-state index contributed by atoms with van der Waals surface area (Å²) in [6.45, 7) is 2.74. The Hall–Kier alpha value is -0.460. The van der Waals surface area contributed by atoms with Crippen molar-refractivity contribution in [1.29, 1.82) is 0 Å². The highest BCUT2D eigenvalue weighted by atomic mass is 16.6. The summed E-state index contributed by atoms with van der Waals surface area (Å²) in [5.41, 5.74) is 0. The highest BCUT2D eigenvalue weighted by molar-refractivity contribution is 4.88. The first-order chi connectivity index (χ1) is 15.2. The smallest absolute Gasteiger partial charge is 0.114 e. The first-order valence-corrected chi connectivity index (χ1v) is 13.1. The van der Waals surface area contributed by atoms with Gasteiger partial charge in [-0.25, -0.2) is 0 Å². The molecule has 184 valence electrons. The number of hydrogen-bond donors (Lipinski definition) is 3. The zero-order valence-corrected chi connectivity index (χ0v) is 20.1. The lowest BCUT2D eigenvalue weighted by molar-refractivity contribution is -0.0730. The van der Waals surface area contributed by atoms with Crippen LogP contribution in [0.15, 0.2) is 12.2 Å². The maximum absolute atomic E-state index is 10.1. The molecule has 0 aromatic carbocycles. The molecule has 0 bridgehead atoms. The van der Waals surface area contributed by atoms with Crippen LogP contribution in [-0.2, 0) is 9.47 Å². The highest BCUT2D eigenvalue weighted by Gasteiger charge is 2.40. The zero-order chi connectivity index (χ0) is 22.6. The average Bonchev–Trinajstić information content (AvgIpc) is 3.15. The van der Waals surface area contributed by atoms with Crippen LogP contribution in [0.4, 0.5) is 0 Å². The monoisotopic (exact) mass is 442 g/mol. The van der Waals surface area contributed by atoms with Crippen molar-refractivity contribution < 1.29 is 24.8 Å². The largest absolute Gasteiger partial charge is 0.394 e. The Morgan fingerprint density at radius 3 is 1.90 bits per heavy atom. The Balaban J connectivity index is 1.80. The Morgan fingerprint density at radius 1 is 0.839 bits per heavy atom. The fourth-order valence-corrected chi connectivity index (χ4v) is 4.14. The number of aliphatic hydroxyl groups is 3. The number of aliphatic hydroxyl groups excluding tert-OH is 3. The molecule has 0 radical (unpaired) electrons. The summed E-state index contributed by atoms with van der Waals surface area (Å²) >= 11 is 0. The van der Waals surface area contributed by atoms with E-state index in [-0.39, 0.29) is 6.61 Å². The topological polar surface area (TPSA) is 79.2 Å². The maximum Gasteiger partial charge on any atom is 0.114 e. The molecule has 1 rings (SSSR count). The van der Waals surface area contributed by atoms with Gasteiger partial charge in [-0.05, 0) is 32.1 Å². The van der Waals surface area contributed by atoms with Crippen LogP contribution in [0, 0.1) is 0 Å². The lowest BCUT2D eigenvalue weighted by Gasteiger charge is -2.20. The third-order valence-corrected chi connectivity index (χ3v) is 6.22. The van der Waals surface area contributed by atoms with Gasteiger partial charge in [-0.1, -0.05) is 89.7 Å². The Morgan fingerprint density at radius 2 is 1.35 bits per heavy atom. The number of unbranched alkanes of at least 4 members (excludes halogenated alkanes) is 14. The molecule has 5 nitrogen and oxygen atoms in total. The van der Waals surface area contributed by atoms with Gasteiger partial charge in [0.2, 0.25) is 0 Å². The van der Waals surface area contributed by atoms with E-state index in [4.69, 9.17) is 14.6 Å². The second kappa shape index (κ2) is 20.2. The van der Waals surface area contributed by atoms with E-state index in [0.717, 1.165) is 12.8 Å². The normalized spacial score (nSPS) is 22.5. The van der Waals surface area contributed by atoms with Gasteiger partial charge in [0.25, 0.3) is 0 Å². The van der Waals surface area contributed by atoms with E-state index in [1.54, 1.807) is 0 Å². The third-order valence-electron chi connectivity index (χ3n) is 6.22. The van der Waals surface area contributed by atoms with Crippen molar-refractivity contribution in [3.8, 4) is 0 Å². The van der Waals surface area contributed by atoms with Crippen molar-refractivity contribution in [2.75, 3.05) is 19.8 Å². The minimum atomic E-state index is -1.05. The third kappa shape index (κ3) is 14.3. The molecule has 0 aromatic rings. The van der Waals surface area contributed by atoms with Crippen LogP contribution in [0.3, 0.4) is 0 Å². The standard InChI is InChI=1S/C26H50O5/c1-2-3-4-5-6-7-8-9-10-11-12-13-14-15-16-17-18-19-20-30-24-22-31-26(25(24)29)23(28)21-27/h11-12,23-29H,2-10,13-22H2,1H3/b12-11+/t23-,24+,25-,26-/m1/s1. The van der Waals surface area contributed by atoms with E-state index in [2.05, 4.69) is 19.1 Å². The van der Waals surface area contributed by atoms with Gasteiger partial charge in [0, 0.05) is 6.61 Å². The summed E-state index contributed by atoms with van der Waals surface area (Å²) < 4.78 is 11.0. The Kier molecular flexibility index (Phi) is 18.6. The molecule has 0 saturated carbocycles. The lowest BCUT2D eigenvalue weighted by atomic mass is 10.1. The Bertz CT molecular complexity index is 415. The van der Waals surface area contributed by atoms with Crippen LogP contribution in [0.2, 0.25) is 0 Å². The van der Waals surface area contributed by atoms with Crippen molar-refractivity contribution in [3.05, 3.63) is 12.2 Å². The SMILES string of the molecule is CCCCCCCCCC/C=C/CCCCCCCCO[C@H]1CO[C@H]([C@H](O)CO)[C@@H]1O. The van der Waals surface area contributed by atoms with Crippen LogP contribution < -0.4 is 0 Å². The summed E-state index contributed by atoms with van der Waals surface area (Å²) in [5.74, 6) is 0. The molecule has 31 heavy (non-hydrogen) atoms. The minimum absolute atomic E-state index is 0.273. The lowest BCUT2D eigenvalue weighted by Crippen LogP contribution is -2.41. The molecule has 1 saturated heterocycles. The van der Waals surface area contributed by atoms with Crippen LogP contribution >= 0.6 is 0 Å². The molecule has 1 aliphatic heterocycles. The summed E-state index contributed by atoms with van der Waals surface area (Å²) in [7, 11) is 0. The fourth-order valence-electron chi connectivity index (χ4n) is 4.14. The Labute approximate surface area is 191 Å². The van der Waals surface area contributed by atoms with Crippen molar-refractivity contribution in [2.45, 2.75) is 134 Å². The number of rotatable bonds is 21. The first-order valence-electron chi connectivity index (χ1n) is 13.1. The number of ether oxygens (including phenoxy) is 2. The van der Waals surface area contributed by atoms with Crippen molar-refractivity contribution in [3.63, 3.8) is 0 Å². The van der Waals surface area contributed by atoms with Gasteiger partial charge in [-0.3, -0.25) is 0 Å². The van der Waals surface area contributed by atoms with Crippen molar-refractivity contribution >= 4 is 0 Å². The molecule has 3 N–H and O–H groups in total. The molecule has 1 fully saturated rings. The summed E-state index contributed by atoms with van der Waals surface area (Å²) in [6.07, 6.45) is 22.5. The molecule has 1 heterocycles. The van der Waals surface area contributed by atoms with E-state index >= 15 is 0 Å². The molecule has 5 heteroatoms. The molecule has 0 aromatic heterocycles. The van der Waals surface area contributed by atoms with Crippen LogP contribution in [-0.4, -0.2) is 59.6 Å². The maximum atomic E-state index is 10.1. The number of hydrogen-bond acceptors (Lipinski definition) is 5. The molecular weight excluding hydrogens is 392 g/mol. The molecular formula is C26H50O5. The summed E-state index contributed by atoms with van der Waals surface area (Å²) in [6, 6.07) is 0. The van der Waals surface area contributed by atoms with Gasteiger partial charge in [0.15, 0.2) is 0 Å². The highest BCUT2D eigenvalue weighted by Crippen LogP contribution is 2.20. The van der Waals surface area contributed by atoms with Crippen LogP contribution in [0.1, 0.15) is 110 Å². The van der Waals surface area contributed by atoms with Gasteiger partial charge >= 0.3 is 0 Å². The molecule has 0 spiro atoms. The first kappa shape index (κ1) is 28.6. The van der Waals surface area contributed by atoms with Gasteiger partial charge < -0.3 is 24.8 Å². The summed E-state index contributed by atoms with van der Waals surface area (Å²) in [4.78, 5) is 0. The van der Waals surface area contributed by atoms with Gasteiger partial charge in [0.1, 0.15) is 24.4 Å². The van der Waals surface area contributed by atoms with Crippen LogP contribution in [0.5, 0.6) is 0 Å². The molecule has 4 atom stereocenters. The molecule has 0 unspecified atom stereocenters. The quantitative estimate of drug-likeness (QED) is 0.166. The van der Waals surface area contributed by atoms with Crippen molar-refractivity contribution in [1.82, 2.24) is 0 Å². The number of allylic oxidation sites excluding steroid dienone is 2. The molecule has 0 amide bonds. The van der Waals surface area contributed by atoms with Gasteiger partial charge in [0.05, 0.1) is 13.2 Å². The zero-order valence-electron chi connectivity index (χ0n) is 20.1. The summed E-state index contributed by atoms with van der Waals surface area (Å²) in [5, 5.41) is 28.6. The second-order valence-corrected chi connectivity index (χ2v) is 9.09. The second-order valence-electron chi connectivity index (χ2n) is 9.09. The molecule has 1 aliphatic rings. The average molecular weight is 443 g/mol. The van der Waals surface area contributed by atoms with E-state index in [9.17, 15) is 10.2 Å².